The van der Waals surface area contributed by atoms with Crippen LogP contribution in [0.25, 0.3) is 0 Å². The molecule has 1 N–H and O–H groups in total. The lowest BCUT2D eigenvalue weighted by molar-refractivity contribution is -0.202. The standard InChI is InChI=1S/C14H16F2O7/c1-4(2)10(14(15,16)13(19)20)23-11(17)7-5-3-6-9(21-5)8(7)12(18)22-6/h4-10H,3H2,1-2H3,(H,19,20). The van der Waals surface area contributed by atoms with Crippen LogP contribution in [0, 0.1) is 17.8 Å². The molecule has 9 heteroatoms. The molecule has 3 saturated heterocycles. The van der Waals surface area contributed by atoms with Crippen LogP contribution in [0.1, 0.15) is 20.3 Å². The van der Waals surface area contributed by atoms with E-state index in [0.717, 1.165) is 0 Å². The Kier molecular flexibility index (Phi) is 3.58. The van der Waals surface area contributed by atoms with Gasteiger partial charge in [-0.2, -0.15) is 8.78 Å². The van der Waals surface area contributed by atoms with Crippen molar-refractivity contribution in [3.8, 4) is 0 Å². The van der Waals surface area contributed by atoms with E-state index in [-0.39, 0.29) is 0 Å². The van der Waals surface area contributed by atoms with E-state index in [0.29, 0.717) is 6.42 Å². The van der Waals surface area contributed by atoms with Gasteiger partial charge < -0.3 is 19.3 Å². The van der Waals surface area contributed by atoms with Crippen molar-refractivity contribution in [1.29, 1.82) is 0 Å². The Morgan fingerprint density at radius 3 is 2.57 bits per heavy atom. The molecule has 0 aromatic heterocycles. The van der Waals surface area contributed by atoms with E-state index in [2.05, 4.69) is 0 Å². The molecule has 3 aliphatic rings. The highest BCUT2D eigenvalue weighted by Crippen LogP contribution is 2.50. The fourth-order valence-electron chi connectivity index (χ4n) is 3.57. The van der Waals surface area contributed by atoms with Gasteiger partial charge in [0.1, 0.15) is 18.1 Å². The van der Waals surface area contributed by atoms with E-state index in [4.69, 9.17) is 19.3 Å². The summed E-state index contributed by atoms with van der Waals surface area (Å²) >= 11 is 0. The topological polar surface area (TPSA) is 99.1 Å². The van der Waals surface area contributed by atoms with Gasteiger partial charge in [0.2, 0.25) is 0 Å². The van der Waals surface area contributed by atoms with Crippen molar-refractivity contribution in [2.45, 2.75) is 50.6 Å². The second kappa shape index (κ2) is 5.12. The molecule has 6 atom stereocenters. The molecule has 0 aromatic carbocycles. The molecule has 3 heterocycles. The predicted octanol–water partition coefficient (Wildman–Crippen LogP) is 0.603. The lowest BCUT2D eigenvalue weighted by Crippen LogP contribution is -2.49. The number of rotatable bonds is 5. The third-order valence-corrected chi connectivity index (χ3v) is 4.61. The van der Waals surface area contributed by atoms with Crippen LogP contribution in [0.4, 0.5) is 8.78 Å². The van der Waals surface area contributed by atoms with Crippen molar-refractivity contribution in [2.75, 3.05) is 0 Å². The summed E-state index contributed by atoms with van der Waals surface area (Å²) in [6.45, 7) is 2.65. The van der Waals surface area contributed by atoms with E-state index in [9.17, 15) is 23.2 Å². The predicted molar refractivity (Wildman–Crippen MR) is 67.4 cm³/mol. The van der Waals surface area contributed by atoms with Gasteiger partial charge in [-0.1, -0.05) is 13.8 Å². The molecule has 3 aliphatic heterocycles. The third kappa shape index (κ3) is 2.29. The van der Waals surface area contributed by atoms with E-state index in [1.807, 2.05) is 0 Å². The minimum absolute atomic E-state index is 0.314. The number of carbonyl (C=O) groups excluding carboxylic acids is 2. The first kappa shape index (κ1) is 16.1. The minimum Gasteiger partial charge on any atom is -0.477 e. The van der Waals surface area contributed by atoms with Crippen LogP contribution in [-0.4, -0.2) is 53.4 Å². The van der Waals surface area contributed by atoms with Gasteiger partial charge >= 0.3 is 23.8 Å². The van der Waals surface area contributed by atoms with Crippen molar-refractivity contribution >= 4 is 17.9 Å². The highest BCUT2D eigenvalue weighted by atomic mass is 19.3. The Labute approximate surface area is 129 Å². The van der Waals surface area contributed by atoms with Crippen LogP contribution < -0.4 is 0 Å². The van der Waals surface area contributed by atoms with Crippen molar-refractivity contribution < 1.29 is 42.5 Å². The summed E-state index contributed by atoms with van der Waals surface area (Å²) in [7, 11) is 0. The fourth-order valence-corrected chi connectivity index (χ4v) is 3.57. The molecule has 0 aromatic rings. The van der Waals surface area contributed by atoms with Crippen LogP contribution in [0.3, 0.4) is 0 Å². The maximum atomic E-state index is 13.8. The summed E-state index contributed by atoms with van der Waals surface area (Å²) < 4.78 is 42.9. The average molecular weight is 334 g/mol. The number of hydrogen-bond acceptors (Lipinski definition) is 6. The first-order valence-corrected chi connectivity index (χ1v) is 7.32. The largest absolute Gasteiger partial charge is 0.477 e. The number of alkyl halides is 2. The second-order valence-corrected chi connectivity index (χ2v) is 6.43. The number of carboxylic acid groups (broad SMARTS) is 1. The van der Waals surface area contributed by atoms with E-state index >= 15 is 0 Å². The smallest absolute Gasteiger partial charge is 0.378 e. The van der Waals surface area contributed by atoms with Gasteiger partial charge in [-0.05, 0) is 5.92 Å². The maximum Gasteiger partial charge on any atom is 0.378 e. The summed E-state index contributed by atoms with van der Waals surface area (Å²) in [6.07, 6.45) is -3.39. The van der Waals surface area contributed by atoms with Crippen LogP contribution in [0.2, 0.25) is 0 Å². The highest BCUT2D eigenvalue weighted by molar-refractivity contribution is 5.86. The Morgan fingerprint density at radius 2 is 2.00 bits per heavy atom. The first-order chi connectivity index (χ1) is 10.6. The first-order valence-electron chi connectivity index (χ1n) is 7.32. The number of halogens is 2. The summed E-state index contributed by atoms with van der Waals surface area (Å²) in [6, 6.07) is 0. The van der Waals surface area contributed by atoms with Gasteiger partial charge in [-0.15, -0.1) is 0 Å². The van der Waals surface area contributed by atoms with Crippen molar-refractivity contribution in [1.82, 2.24) is 0 Å². The van der Waals surface area contributed by atoms with Crippen LogP contribution in [0.15, 0.2) is 0 Å². The number of fused-ring (bicyclic) bond motifs is 1. The number of esters is 2. The molecule has 3 fully saturated rings. The zero-order chi connectivity index (χ0) is 17.1. The SMILES string of the molecule is CC(C)C(OC(=O)C1C2CC3OC(=O)C1C3O2)C(F)(F)C(=O)O. The Bertz CT molecular complexity index is 559. The second-order valence-electron chi connectivity index (χ2n) is 6.43. The van der Waals surface area contributed by atoms with Crippen LogP contribution in [0.5, 0.6) is 0 Å². The quantitative estimate of drug-likeness (QED) is 0.735. The number of ether oxygens (including phenoxy) is 3. The molecular formula is C14H16F2O7. The van der Waals surface area contributed by atoms with Gasteiger partial charge in [0, 0.05) is 6.42 Å². The summed E-state index contributed by atoms with van der Waals surface area (Å²) in [5.74, 6) is -11.1. The lowest BCUT2D eigenvalue weighted by Gasteiger charge is -2.29. The molecule has 2 bridgehead atoms. The molecule has 0 radical (unpaired) electrons. The molecule has 128 valence electrons. The molecule has 3 rings (SSSR count). The number of carbonyl (C=O) groups is 3. The normalized spacial score (nSPS) is 36.2. The van der Waals surface area contributed by atoms with E-state index in [1.165, 1.54) is 13.8 Å². The Morgan fingerprint density at radius 1 is 1.35 bits per heavy atom. The molecule has 23 heavy (non-hydrogen) atoms. The average Bonchev–Trinajstić information content (AvgIpc) is 3.04. The molecule has 6 unspecified atom stereocenters. The van der Waals surface area contributed by atoms with Gasteiger partial charge in [-0.3, -0.25) is 9.59 Å². The maximum absolute atomic E-state index is 13.8. The summed E-state index contributed by atoms with van der Waals surface area (Å²) in [5.41, 5.74) is 0. The molecular weight excluding hydrogens is 318 g/mol. The van der Waals surface area contributed by atoms with E-state index in [1.54, 1.807) is 0 Å². The molecule has 0 spiro atoms. The van der Waals surface area contributed by atoms with Gasteiger partial charge in [0.25, 0.3) is 0 Å². The molecule has 7 nitrogen and oxygen atoms in total. The Balaban J connectivity index is 1.78. The molecule has 0 saturated carbocycles. The van der Waals surface area contributed by atoms with Crippen molar-refractivity contribution in [3.05, 3.63) is 0 Å². The summed E-state index contributed by atoms with van der Waals surface area (Å²) in [4.78, 5) is 34.8. The minimum atomic E-state index is -4.22. The summed E-state index contributed by atoms with van der Waals surface area (Å²) in [5, 5.41) is 8.65. The van der Waals surface area contributed by atoms with Gasteiger partial charge in [0.15, 0.2) is 6.10 Å². The zero-order valence-electron chi connectivity index (χ0n) is 12.4. The van der Waals surface area contributed by atoms with Crippen molar-refractivity contribution in [3.63, 3.8) is 0 Å². The highest BCUT2D eigenvalue weighted by Gasteiger charge is 2.67. The Hall–Kier alpha value is -1.77. The van der Waals surface area contributed by atoms with Crippen molar-refractivity contribution in [2.24, 2.45) is 17.8 Å². The zero-order valence-corrected chi connectivity index (χ0v) is 12.4. The van der Waals surface area contributed by atoms with Gasteiger partial charge in [-0.25, -0.2) is 4.79 Å². The number of carboxylic acids is 1. The van der Waals surface area contributed by atoms with Crippen LogP contribution >= 0.6 is 0 Å². The van der Waals surface area contributed by atoms with Crippen LogP contribution in [-0.2, 0) is 28.6 Å². The van der Waals surface area contributed by atoms with E-state index < -0.39 is 66.0 Å². The monoisotopic (exact) mass is 334 g/mol. The molecule has 0 amide bonds. The fraction of sp³-hybridized carbons (Fsp3) is 0.786. The number of aliphatic carboxylic acids is 1. The molecule has 0 aliphatic carbocycles. The third-order valence-electron chi connectivity index (χ3n) is 4.61. The van der Waals surface area contributed by atoms with Gasteiger partial charge in [0.05, 0.1) is 12.0 Å². The lowest BCUT2D eigenvalue weighted by atomic mass is 9.80. The number of hydrogen-bond donors (Lipinski definition) is 1.